The van der Waals surface area contributed by atoms with E-state index in [9.17, 15) is 9.59 Å². The van der Waals surface area contributed by atoms with Crippen LogP contribution in [0.25, 0.3) is 11.3 Å². The lowest BCUT2D eigenvalue weighted by molar-refractivity contribution is -0.141. The van der Waals surface area contributed by atoms with Crippen molar-refractivity contribution in [3.63, 3.8) is 0 Å². The molecule has 0 aliphatic rings. The quantitative estimate of drug-likeness (QED) is 0.786. The molecule has 1 unspecified atom stereocenters. The molecular weight excluding hydrogens is 310 g/mol. The summed E-state index contributed by atoms with van der Waals surface area (Å²) in [6, 6.07) is 10.7. The van der Waals surface area contributed by atoms with Crippen molar-refractivity contribution < 1.29 is 23.8 Å². The standard InChI is InChI=1S/C18H21NO5/c1-12(17(20)21)10-19(2)11-15-8-9-16(24-15)13-4-6-14(7-5-13)18(22)23-3/h4-9,12H,10-11H2,1-3H3,(H,20,21). The lowest BCUT2D eigenvalue weighted by Crippen LogP contribution is -2.28. The van der Waals surface area contributed by atoms with E-state index in [2.05, 4.69) is 4.74 Å². The summed E-state index contributed by atoms with van der Waals surface area (Å²) in [5.74, 6) is -0.179. The molecule has 0 amide bonds. The second-order valence-electron chi connectivity index (χ2n) is 5.77. The molecule has 0 saturated heterocycles. The minimum Gasteiger partial charge on any atom is -0.481 e. The Morgan fingerprint density at radius 1 is 1.21 bits per heavy atom. The van der Waals surface area contributed by atoms with E-state index in [0.29, 0.717) is 24.4 Å². The molecule has 0 fully saturated rings. The molecule has 1 aromatic carbocycles. The highest BCUT2D eigenvalue weighted by Gasteiger charge is 2.15. The fraction of sp³-hybridized carbons (Fsp3) is 0.333. The van der Waals surface area contributed by atoms with Crippen molar-refractivity contribution in [1.29, 1.82) is 0 Å². The monoisotopic (exact) mass is 331 g/mol. The Morgan fingerprint density at radius 3 is 2.46 bits per heavy atom. The number of esters is 1. The van der Waals surface area contributed by atoms with E-state index in [0.717, 1.165) is 11.3 Å². The first-order chi connectivity index (χ1) is 11.4. The lowest BCUT2D eigenvalue weighted by atomic mass is 10.1. The second kappa shape index (κ2) is 7.79. The van der Waals surface area contributed by atoms with Gasteiger partial charge in [-0.1, -0.05) is 19.1 Å². The molecule has 24 heavy (non-hydrogen) atoms. The molecule has 2 aromatic rings. The van der Waals surface area contributed by atoms with Gasteiger partial charge < -0.3 is 14.3 Å². The third-order valence-corrected chi connectivity index (χ3v) is 3.69. The van der Waals surface area contributed by atoms with Crippen LogP contribution in [0.15, 0.2) is 40.8 Å². The van der Waals surface area contributed by atoms with Crippen molar-refractivity contribution in [2.24, 2.45) is 5.92 Å². The Labute approximate surface area is 140 Å². The zero-order valence-corrected chi connectivity index (χ0v) is 14.0. The number of furan rings is 1. The highest BCUT2D eigenvalue weighted by molar-refractivity contribution is 5.89. The summed E-state index contributed by atoms with van der Waals surface area (Å²) in [7, 11) is 3.20. The third-order valence-electron chi connectivity index (χ3n) is 3.69. The molecule has 6 heteroatoms. The van der Waals surface area contributed by atoms with Crippen molar-refractivity contribution in [3.8, 4) is 11.3 Å². The molecule has 1 N–H and O–H groups in total. The van der Waals surface area contributed by atoms with Gasteiger partial charge in [0, 0.05) is 12.1 Å². The van der Waals surface area contributed by atoms with Crippen LogP contribution in [0.2, 0.25) is 0 Å². The van der Waals surface area contributed by atoms with Crippen LogP contribution in [0.3, 0.4) is 0 Å². The molecule has 6 nitrogen and oxygen atoms in total. The Balaban J connectivity index is 2.02. The highest BCUT2D eigenvalue weighted by Crippen LogP contribution is 2.23. The van der Waals surface area contributed by atoms with Crippen LogP contribution in [0.4, 0.5) is 0 Å². The fourth-order valence-electron chi connectivity index (χ4n) is 2.38. The molecule has 1 heterocycles. The number of ether oxygens (including phenoxy) is 1. The predicted molar refractivity (Wildman–Crippen MR) is 88.6 cm³/mol. The van der Waals surface area contributed by atoms with E-state index in [-0.39, 0.29) is 5.97 Å². The van der Waals surface area contributed by atoms with Gasteiger partial charge in [0.25, 0.3) is 0 Å². The van der Waals surface area contributed by atoms with Crippen LogP contribution in [0, 0.1) is 5.92 Å². The maximum atomic E-state index is 11.4. The SMILES string of the molecule is COC(=O)c1ccc(-c2ccc(CN(C)CC(C)C(=O)O)o2)cc1. The summed E-state index contributed by atoms with van der Waals surface area (Å²) in [4.78, 5) is 24.2. The van der Waals surface area contributed by atoms with Crippen molar-refractivity contribution in [2.75, 3.05) is 20.7 Å². The summed E-state index contributed by atoms with van der Waals surface area (Å²) in [6.07, 6.45) is 0. The van der Waals surface area contributed by atoms with E-state index in [1.807, 2.05) is 24.1 Å². The maximum absolute atomic E-state index is 11.4. The van der Waals surface area contributed by atoms with Crippen LogP contribution in [-0.4, -0.2) is 42.6 Å². The summed E-state index contributed by atoms with van der Waals surface area (Å²) in [5.41, 5.74) is 1.34. The van der Waals surface area contributed by atoms with E-state index >= 15 is 0 Å². The Kier molecular flexibility index (Phi) is 5.76. The van der Waals surface area contributed by atoms with Crippen molar-refractivity contribution in [1.82, 2.24) is 4.90 Å². The van der Waals surface area contributed by atoms with Crippen LogP contribution < -0.4 is 0 Å². The maximum Gasteiger partial charge on any atom is 0.337 e. The number of hydrogen-bond acceptors (Lipinski definition) is 5. The van der Waals surface area contributed by atoms with Gasteiger partial charge in [0.15, 0.2) is 0 Å². The van der Waals surface area contributed by atoms with E-state index in [1.165, 1.54) is 7.11 Å². The Morgan fingerprint density at radius 2 is 1.88 bits per heavy atom. The summed E-state index contributed by atoms with van der Waals surface area (Å²) >= 11 is 0. The van der Waals surface area contributed by atoms with Gasteiger partial charge in [-0.3, -0.25) is 9.69 Å². The lowest BCUT2D eigenvalue weighted by Gasteiger charge is -2.17. The molecule has 1 aromatic heterocycles. The normalized spacial score (nSPS) is 12.2. The number of carbonyl (C=O) groups excluding carboxylic acids is 1. The average molecular weight is 331 g/mol. The van der Waals surface area contributed by atoms with Gasteiger partial charge in [0.1, 0.15) is 11.5 Å². The molecule has 0 spiro atoms. The third kappa shape index (κ3) is 4.45. The largest absolute Gasteiger partial charge is 0.481 e. The topological polar surface area (TPSA) is 80.0 Å². The summed E-state index contributed by atoms with van der Waals surface area (Å²) < 4.78 is 10.5. The minimum absolute atomic E-state index is 0.379. The smallest absolute Gasteiger partial charge is 0.337 e. The number of nitrogens with zero attached hydrogens (tertiary/aromatic N) is 1. The van der Waals surface area contributed by atoms with Gasteiger partial charge in [0.2, 0.25) is 0 Å². The number of carboxylic acid groups (broad SMARTS) is 1. The zero-order valence-electron chi connectivity index (χ0n) is 14.0. The average Bonchev–Trinajstić information content (AvgIpc) is 3.02. The molecular formula is C18H21NO5. The van der Waals surface area contributed by atoms with Gasteiger partial charge >= 0.3 is 11.9 Å². The molecule has 0 radical (unpaired) electrons. The van der Waals surface area contributed by atoms with Crippen molar-refractivity contribution in [2.45, 2.75) is 13.5 Å². The van der Waals surface area contributed by atoms with E-state index in [1.54, 1.807) is 31.2 Å². The van der Waals surface area contributed by atoms with Gasteiger partial charge in [-0.25, -0.2) is 4.79 Å². The molecule has 0 bridgehead atoms. The predicted octanol–water partition coefficient (Wildman–Crippen LogP) is 2.89. The van der Waals surface area contributed by atoms with E-state index < -0.39 is 11.9 Å². The molecule has 1 atom stereocenters. The van der Waals surface area contributed by atoms with Crippen LogP contribution in [0.5, 0.6) is 0 Å². The van der Waals surface area contributed by atoms with Gasteiger partial charge in [-0.15, -0.1) is 0 Å². The minimum atomic E-state index is -0.812. The van der Waals surface area contributed by atoms with Gasteiger partial charge in [-0.2, -0.15) is 0 Å². The molecule has 0 aliphatic heterocycles. The molecule has 128 valence electrons. The number of carboxylic acids is 1. The molecule has 0 aliphatic carbocycles. The Hall–Kier alpha value is -2.60. The van der Waals surface area contributed by atoms with E-state index in [4.69, 9.17) is 9.52 Å². The summed E-state index contributed by atoms with van der Waals surface area (Å²) in [5, 5.41) is 8.95. The number of hydrogen-bond donors (Lipinski definition) is 1. The molecule has 2 rings (SSSR count). The summed E-state index contributed by atoms with van der Waals surface area (Å²) in [6.45, 7) is 2.65. The van der Waals surface area contributed by atoms with Crippen molar-refractivity contribution in [3.05, 3.63) is 47.7 Å². The Bertz CT molecular complexity index is 704. The van der Waals surface area contributed by atoms with Crippen LogP contribution >= 0.6 is 0 Å². The van der Waals surface area contributed by atoms with Gasteiger partial charge in [-0.05, 0) is 31.3 Å². The first kappa shape index (κ1) is 17.7. The number of benzene rings is 1. The number of carbonyl (C=O) groups is 2. The van der Waals surface area contributed by atoms with Crippen LogP contribution in [-0.2, 0) is 16.1 Å². The highest BCUT2D eigenvalue weighted by atomic mass is 16.5. The number of rotatable bonds is 7. The second-order valence-corrected chi connectivity index (χ2v) is 5.77. The first-order valence-electron chi connectivity index (χ1n) is 7.59. The number of methoxy groups -OCH3 is 1. The first-order valence-corrected chi connectivity index (χ1v) is 7.59. The van der Waals surface area contributed by atoms with Crippen molar-refractivity contribution >= 4 is 11.9 Å². The van der Waals surface area contributed by atoms with Crippen LogP contribution in [0.1, 0.15) is 23.0 Å². The zero-order chi connectivity index (χ0) is 17.7. The van der Waals surface area contributed by atoms with Gasteiger partial charge in [0.05, 0.1) is 25.1 Å². The number of aliphatic carboxylic acids is 1. The molecule has 0 saturated carbocycles. The fourth-order valence-corrected chi connectivity index (χ4v) is 2.38.